The normalized spacial score (nSPS) is 23.9. The minimum atomic E-state index is -3.76. The second-order valence-corrected chi connectivity index (χ2v) is 7.70. The van der Waals surface area contributed by atoms with Crippen molar-refractivity contribution in [2.45, 2.75) is 25.2 Å². The van der Waals surface area contributed by atoms with Crippen LogP contribution in [0.4, 0.5) is 0 Å². The highest BCUT2D eigenvalue weighted by Crippen LogP contribution is 2.35. The maximum Gasteiger partial charge on any atom is 0.310 e. The molecule has 1 heterocycles. The van der Waals surface area contributed by atoms with Gasteiger partial charge in [0.15, 0.2) is 0 Å². The molecule has 0 spiro atoms. The first-order valence-electron chi connectivity index (χ1n) is 6.16. The monoisotopic (exact) mass is 317 g/mol. The lowest BCUT2D eigenvalue weighted by Gasteiger charge is -2.20. The number of sulfonamides is 1. The molecule has 1 unspecified atom stereocenters. The van der Waals surface area contributed by atoms with Gasteiger partial charge in [-0.1, -0.05) is 17.7 Å². The molecule has 1 atom stereocenters. The molecule has 1 aromatic carbocycles. The highest BCUT2D eigenvalue weighted by molar-refractivity contribution is 7.89. The molecule has 0 amide bonds. The van der Waals surface area contributed by atoms with Crippen molar-refractivity contribution in [2.24, 2.45) is 5.41 Å². The quantitative estimate of drug-likeness (QED) is 0.926. The highest BCUT2D eigenvalue weighted by Gasteiger charge is 2.45. The largest absolute Gasteiger partial charge is 0.481 e. The zero-order valence-electron chi connectivity index (χ0n) is 11.3. The Morgan fingerprint density at radius 1 is 1.45 bits per heavy atom. The van der Waals surface area contributed by atoms with Gasteiger partial charge in [-0.25, -0.2) is 8.42 Å². The molecule has 110 valence electrons. The molecule has 1 aromatic rings. The zero-order valence-corrected chi connectivity index (χ0v) is 12.8. The van der Waals surface area contributed by atoms with Crippen molar-refractivity contribution in [1.82, 2.24) is 4.31 Å². The molecule has 0 saturated carbocycles. The standard InChI is InChI=1S/C13H16ClNO4S/c1-9-3-4-10(14)11(7-9)20(18,19)15-6-5-13(2,8-15)12(16)17/h3-4,7H,5-6,8H2,1-2H3,(H,16,17). The van der Waals surface area contributed by atoms with Crippen LogP contribution < -0.4 is 0 Å². The van der Waals surface area contributed by atoms with Gasteiger partial charge < -0.3 is 5.11 Å². The Kier molecular flexibility index (Phi) is 3.83. The molecular weight excluding hydrogens is 302 g/mol. The number of carbonyl (C=O) groups is 1. The van der Waals surface area contributed by atoms with E-state index < -0.39 is 21.4 Å². The van der Waals surface area contributed by atoms with Gasteiger partial charge in [-0.15, -0.1) is 0 Å². The van der Waals surface area contributed by atoms with Crippen LogP contribution >= 0.6 is 11.6 Å². The van der Waals surface area contributed by atoms with Gasteiger partial charge in [-0.2, -0.15) is 4.31 Å². The summed E-state index contributed by atoms with van der Waals surface area (Å²) in [7, 11) is -3.76. The molecule has 0 radical (unpaired) electrons. The van der Waals surface area contributed by atoms with Crippen LogP contribution in [0.5, 0.6) is 0 Å². The first kappa shape index (κ1) is 15.3. The Labute approximate surface area is 123 Å². The van der Waals surface area contributed by atoms with Crippen molar-refractivity contribution in [1.29, 1.82) is 0 Å². The summed E-state index contributed by atoms with van der Waals surface area (Å²) in [4.78, 5) is 11.2. The maximum absolute atomic E-state index is 12.6. The van der Waals surface area contributed by atoms with Crippen molar-refractivity contribution >= 4 is 27.6 Å². The summed E-state index contributed by atoms with van der Waals surface area (Å²) in [5.74, 6) is -0.981. The van der Waals surface area contributed by atoms with E-state index in [0.29, 0.717) is 6.42 Å². The number of carboxylic acids is 1. The minimum absolute atomic E-state index is 0.0328. The van der Waals surface area contributed by atoms with Crippen LogP contribution in [-0.2, 0) is 14.8 Å². The fourth-order valence-electron chi connectivity index (χ4n) is 2.25. The number of rotatable bonds is 3. The van der Waals surface area contributed by atoms with E-state index in [1.807, 2.05) is 0 Å². The average molecular weight is 318 g/mol. The van der Waals surface area contributed by atoms with E-state index in [1.165, 1.54) is 16.4 Å². The van der Waals surface area contributed by atoms with Gasteiger partial charge in [-0.05, 0) is 38.0 Å². The Balaban J connectivity index is 2.38. The molecule has 1 N–H and O–H groups in total. The van der Waals surface area contributed by atoms with Gasteiger partial charge in [0.05, 0.1) is 10.4 Å². The number of aryl methyl sites for hydroxylation is 1. The number of aliphatic carboxylic acids is 1. The summed E-state index contributed by atoms with van der Waals surface area (Å²) >= 11 is 5.97. The molecular formula is C13H16ClNO4S. The topological polar surface area (TPSA) is 74.7 Å². The molecule has 20 heavy (non-hydrogen) atoms. The summed E-state index contributed by atoms with van der Waals surface area (Å²) in [6, 6.07) is 4.77. The van der Waals surface area contributed by atoms with Gasteiger partial charge in [-0.3, -0.25) is 4.79 Å². The van der Waals surface area contributed by atoms with E-state index in [2.05, 4.69) is 0 Å². The zero-order chi connectivity index (χ0) is 15.1. The summed E-state index contributed by atoms with van der Waals surface area (Å²) < 4.78 is 26.3. The smallest absolute Gasteiger partial charge is 0.310 e. The van der Waals surface area contributed by atoms with Crippen molar-refractivity contribution < 1.29 is 18.3 Å². The lowest BCUT2D eigenvalue weighted by atomic mass is 9.90. The third-order valence-electron chi connectivity index (χ3n) is 3.66. The van der Waals surface area contributed by atoms with Gasteiger partial charge in [0.2, 0.25) is 10.0 Å². The second kappa shape index (κ2) is 5.02. The van der Waals surface area contributed by atoms with Crippen molar-refractivity contribution in [3.63, 3.8) is 0 Å². The molecule has 0 bridgehead atoms. The molecule has 1 saturated heterocycles. The van der Waals surface area contributed by atoms with E-state index in [0.717, 1.165) is 5.56 Å². The maximum atomic E-state index is 12.6. The Hall–Kier alpha value is -1.11. The van der Waals surface area contributed by atoms with Gasteiger partial charge >= 0.3 is 5.97 Å². The number of carboxylic acid groups (broad SMARTS) is 1. The number of benzene rings is 1. The molecule has 0 aromatic heterocycles. The van der Waals surface area contributed by atoms with Crippen LogP contribution in [0, 0.1) is 12.3 Å². The number of hydrogen-bond acceptors (Lipinski definition) is 3. The van der Waals surface area contributed by atoms with Gasteiger partial charge in [0, 0.05) is 13.1 Å². The van der Waals surface area contributed by atoms with Crippen LogP contribution in [0.15, 0.2) is 23.1 Å². The molecule has 5 nitrogen and oxygen atoms in total. The highest BCUT2D eigenvalue weighted by atomic mass is 35.5. The third-order valence-corrected chi connectivity index (χ3v) is 5.99. The van der Waals surface area contributed by atoms with E-state index in [4.69, 9.17) is 11.6 Å². The predicted molar refractivity (Wildman–Crippen MR) is 75.3 cm³/mol. The summed E-state index contributed by atoms with van der Waals surface area (Å²) in [6.07, 6.45) is 0.297. The summed E-state index contributed by atoms with van der Waals surface area (Å²) in [6.45, 7) is 3.49. The Morgan fingerprint density at radius 3 is 2.65 bits per heavy atom. The van der Waals surface area contributed by atoms with E-state index in [9.17, 15) is 18.3 Å². The van der Waals surface area contributed by atoms with Crippen LogP contribution in [0.3, 0.4) is 0 Å². The lowest BCUT2D eigenvalue weighted by Crippen LogP contribution is -2.35. The van der Waals surface area contributed by atoms with Gasteiger partial charge in [0.25, 0.3) is 0 Å². The molecule has 1 aliphatic heterocycles. The Bertz CT molecular complexity index is 658. The first-order valence-corrected chi connectivity index (χ1v) is 7.98. The first-order chi connectivity index (χ1) is 9.17. The van der Waals surface area contributed by atoms with Crippen LogP contribution in [-0.4, -0.2) is 36.9 Å². The van der Waals surface area contributed by atoms with Crippen molar-refractivity contribution in [3.05, 3.63) is 28.8 Å². The van der Waals surface area contributed by atoms with Gasteiger partial charge in [0.1, 0.15) is 4.90 Å². The van der Waals surface area contributed by atoms with Crippen LogP contribution in [0.1, 0.15) is 18.9 Å². The molecule has 1 aliphatic rings. The second-order valence-electron chi connectivity index (χ2n) is 5.39. The van der Waals surface area contributed by atoms with Crippen LogP contribution in [0.25, 0.3) is 0 Å². The fraction of sp³-hybridized carbons (Fsp3) is 0.462. The van der Waals surface area contributed by atoms with E-state index >= 15 is 0 Å². The molecule has 2 rings (SSSR count). The SMILES string of the molecule is Cc1ccc(Cl)c(S(=O)(=O)N2CCC(C)(C(=O)O)C2)c1. The fourth-order valence-corrected chi connectivity index (χ4v) is 4.37. The number of nitrogens with zero attached hydrogens (tertiary/aromatic N) is 1. The molecule has 7 heteroatoms. The molecule has 1 fully saturated rings. The number of halogens is 1. The number of hydrogen-bond donors (Lipinski definition) is 1. The third kappa shape index (κ3) is 2.55. The summed E-state index contributed by atoms with van der Waals surface area (Å²) in [5, 5.41) is 9.33. The minimum Gasteiger partial charge on any atom is -0.481 e. The lowest BCUT2D eigenvalue weighted by molar-refractivity contribution is -0.146. The average Bonchev–Trinajstić information content (AvgIpc) is 2.77. The predicted octanol–water partition coefficient (Wildman–Crippen LogP) is 2.13. The van der Waals surface area contributed by atoms with E-state index in [-0.39, 0.29) is 23.0 Å². The molecule has 0 aliphatic carbocycles. The van der Waals surface area contributed by atoms with Crippen molar-refractivity contribution in [2.75, 3.05) is 13.1 Å². The van der Waals surface area contributed by atoms with Crippen molar-refractivity contribution in [3.8, 4) is 0 Å². The summed E-state index contributed by atoms with van der Waals surface area (Å²) in [5.41, 5.74) is -0.253. The van der Waals surface area contributed by atoms with E-state index in [1.54, 1.807) is 19.9 Å². The Morgan fingerprint density at radius 2 is 2.10 bits per heavy atom. The van der Waals surface area contributed by atoms with Crippen LogP contribution in [0.2, 0.25) is 5.02 Å².